The monoisotopic (exact) mass is 648 g/mol. The van der Waals surface area contributed by atoms with Gasteiger partial charge in [0.15, 0.2) is 0 Å². The van der Waals surface area contributed by atoms with Crippen molar-refractivity contribution < 1.29 is 43.8 Å². The Morgan fingerprint density at radius 3 is 1.54 bits per heavy atom. The molecule has 0 aliphatic heterocycles. The third kappa shape index (κ3) is 14.5. The Bertz CT molecular complexity index is 1220. The Kier molecular flexibility index (Phi) is 16.4. The molecule has 1 aromatic rings. The Morgan fingerprint density at radius 1 is 0.609 bits per heavy atom. The van der Waals surface area contributed by atoms with Crippen LogP contribution in [0.3, 0.4) is 0 Å². The zero-order chi connectivity index (χ0) is 35.1. The highest BCUT2D eigenvalue weighted by atomic mass is 16.4. The molecule has 0 unspecified atom stereocenters. The van der Waals surface area contributed by atoms with Crippen molar-refractivity contribution in [1.29, 1.82) is 0 Å². The van der Waals surface area contributed by atoms with E-state index in [0.717, 1.165) is 0 Å². The molecule has 0 saturated carbocycles. The zero-order valence-corrected chi connectivity index (χ0v) is 27.2. The van der Waals surface area contributed by atoms with Gasteiger partial charge in [0, 0.05) is 6.42 Å². The second-order valence-electron chi connectivity index (χ2n) is 12.1. The van der Waals surface area contributed by atoms with Crippen molar-refractivity contribution in [3.63, 3.8) is 0 Å². The first-order chi connectivity index (χ1) is 21.4. The summed E-state index contributed by atoms with van der Waals surface area (Å²) in [4.78, 5) is 87.1. The van der Waals surface area contributed by atoms with E-state index in [1.807, 2.05) is 13.8 Å². The van der Waals surface area contributed by atoms with E-state index in [1.54, 1.807) is 44.2 Å². The molecular weight excluding hydrogens is 600 g/mol. The van der Waals surface area contributed by atoms with Gasteiger partial charge >= 0.3 is 11.9 Å². The molecule has 0 radical (unpaired) electrons. The lowest BCUT2D eigenvalue weighted by Crippen LogP contribution is -2.58. The second-order valence-corrected chi connectivity index (χ2v) is 12.1. The molecule has 0 spiro atoms. The standard InChI is InChI=1S/C31H48N6O9/c1-16(2)12-22(36-28(42)21(32)15-25(38)39)29(43)34-18(5)26(40)33-19(6)27(41)35-23(14-20-10-8-7-9-11-20)30(44)37-24(31(45)46)13-17(3)4/h7-11,16-19,21-24H,12-15,32H2,1-6H3,(H,33,40)(H,34,43)(H,35,41)(H,36,42)(H,37,44)(H,38,39)(H,45,46)/t18-,19-,21-,22-,23-,24-/m0/s1. The lowest BCUT2D eigenvalue weighted by Gasteiger charge is -2.25. The van der Waals surface area contributed by atoms with Crippen LogP contribution >= 0.6 is 0 Å². The summed E-state index contributed by atoms with van der Waals surface area (Å²) >= 11 is 0. The molecule has 0 saturated heterocycles. The number of hydrogen-bond acceptors (Lipinski definition) is 8. The molecule has 6 atom stereocenters. The summed E-state index contributed by atoms with van der Waals surface area (Å²) in [6.07, 6.45) is -0.222. The van der Waals surface area contributed by atoms with E-state index < -0.39 is 84.1 Å². The van der Waals surface area contributed by atoms with Gasteiger partial charge in [-0.1, -0.05) is 58.0 Å². The van der Waals surface area contributed by atoms with Crippen LogP contribution in [-0.2, 0) is 40.0 Å². The Morgan fingerprint density at radius 2 is 1.04 bits per heavy atom. The van der Waals surface area contributed by atoms with Gasteiger partial charge in [-0.25, -0.2) is 4.79 Å². The van der Waals surface area contributed by atoms with Crippen LogP contribution in [-0.4, -0.2) is 87.9 Å². The molecule has 0 bridgehead atoms. The lowest BCUT2D eigenvalue weighted by molar-refractivity contribution is -0.142. The molecule has 1 rings (SSSR count). The van der Waals surface area contributed by atoms with Gasteiger partial charge in [-0.3, -0.25) is 28.8 Å². The molecular formula is C31H48N6O9. The summed E-state index contributed by atoms with van der Waals surface area (Å²) in [5.74, 6) is -6.27. The number of hydrogen-bond donors (Lipinski definition) is 8. The van der Waals surface area contributed by atoms with Crippen molar-refractivity contribution in [2.45, 2.75) is 103 Å². The Hall–Kier alpha value is -4.53. The average molecular weight is 649 g/mol. The van der Waals surface area contributed by atoms with Crippen molar-refractivity contribution in [1.82, 2.24) is 26.6 Å². The molecule has 0 aliphatic carbocycles. The van der Waals surface area contributed by atoms with Gasteiger partial charge in [0.05, 0.1) is 12.5 Å². The van der Waals surface area contributed by atoms with Gasteiger partial charge in [-0.15, -0.1) is 0 Å². The maximum absolute atomic E-state index is 13.2. The first-order valence-electron chi connectivity index (χ1n) is 15.2. The highest BCUT2D eigenvalue weighted by molar-refractivity contribution is 5.96. The zero-order valence-electron chi connectivity index (χ0n) is 27.2. The van der Waals surface area contributed by atoms with Crippen molar-refractivity contribution in [2.24, 2.45) is 17.6 Å². The normalized spacial score (nSPS) is 15.0. The molecule has 5 amide bonds. The summed E-state index contributed by atoms with van der Waals surface area (Å²) in [5, 5.41) is 30.9. The van der Waals surface area contributed by atoms with Crippen LogP contribution in [0.4, 0.5) is 0 Å². The fourth-order valence-corrected chi connectivity index (χ4v) is 4.37. The number of nitrogens with two attached hydrogens (primary N) is 1. The van der Waals surface area contributed by atoms with E-state index in [-0.39, 0.29) is 31.1 Å². The SMILES string of the molecule is CC(C)C[C@H](NC(=O)[C@H](Cc1ccccc1)NC(=O)[C@H](C)NC(=O)[C@H](C)NC(=O)[C@H](CC(C)C)NC(=O)[C@@H](N)CC(=O)O)C(=O)O. The van der Waals surface area contributed by atoms with Gasteiger partial charge in [0.25, 0.3) is 0 Å². The van der Waals surface area contributed by atoms with Crippen LogP contribution < -0.4 is 32.3 Å². The van der Waals surface area contributed by atoms with E-state index in [4.69, 9.17) is 10.8 Å². The molecule has 1 aromatic carbocycles. The third-order valence-corrected chi connectivity index (χ3v) is 6.81. The van der Waals surface area contributed by atoms with Crippen LogP contribution in [0.25, 0.3) is 0 Å². The Labute approximate surface area is 268 Å². The average Bonchev–Trinajstić information content (AvgIpc) is 2.95. The number of aliphatic carboxylic acids is 2. The number of carbonyl (C=O) groups excluding carboxylic acids is 5. The molecule has 0 heterocycles. The summed E-state index contributed by atoms with van der Waals surface area (Å²) in [6.45, 7) is 9.99. The minimum absolute atomic E-state index is 0.0206. The number of carboxylic acid groups (broad SMARTS) is 2. The van der Waals surface area contributed by atoms with Crippen molar-refractivity contribution in [3.05, 3.63) is 35.9 Å². The molecule has 9 N–H and O–H groups in total. The highest BCUT2D eigenvalue weighted by Gasteiger charge is 2.31. The van der Waals surface area contributed by atoms with Gasteiger partial charge in [0.1, 0.15) is 30.2 Å². The molecule has 15 heteroatoms. The Balaban J connectivity index is 2.94. The predicted molar refractivity (Wildman–Crippen MR) is 168 cm³/mol. The molecule has 0 aliphatic rings. The summed E-state index contributed by atoms with van der Waals surface area (Å²) in [7, 11) is 0. The van der Waals surface area contributed by atoms with E-state index in [1.165, 1.54) is 13.8 Å². The number of carboxylic acids is 2. The summed E-state index contributed by atoms with van der Waals surface area (Å²) in [6, 6.07) is 1.67. The van der Waals surface area contributed by atoms with Crippen LogP contribution in [0.2, 0.25) is 0 Å². The first kappa shape index (κ1) is 39.5. The highest BCUT2D eigenvalue weighted by Crippen LogP contribution is 2.09. The predicted octanol–water partition coefficient (Wildman–Crippen LogP) is -0.328. The minimum Gasteiger partial charge on any atom is -0.481 e. The minimum atomic E-state index is -1.38. The lowest BCUT2D eigenvalue weighted by atomic mass is 10.0. The van der Waals surface area contributed by atoms with Crippen LogP contribution in [0.5, 0.6) is 0 Å². The van der Waals surface area contributed by atoms with Gasteiger partial charge < -0.3 is 42.5 Å². The van der Waals surface area contributed by atoms with Gasteiger partial charge in [-0.2, -0.15) is 0 Å². The number of carbonyl (C=O) groups is 7. The summed E-state index contributed by atoms with van der Waals surface area (Å²) < 4.78 is 0. The third-order valence-electron chi connectivity index (χ3n) is 6.81. The smallest absolute Gasteiger partial charge is 0.326 e. The number of benzene rings is 1. The van der Waals surface area contributed by atoms with Gasteiger partial charge in [-0.05, 0) is 44.1 Å². The molecule has 0 fully saturated rings. The summed E-state index contributed by atoms with van der Waals surface area (Å²) in [5.41, 5.74) is 6.31. The van der Waals surface area contributed by atoms with Crippen LogP contribution in [0, 0.1) is 11.8 Å². The van der Waals surface area contributed by atoms with E-state index >= 15 is 0 Å². The van der Waals surface area contributed by atoms with Crippen LogP contribution in [0.1, 0.15) is 66.4 Å². The number of rotatable bonds is 19. The van der Waals surface area contributed by atoms with Gasteiger partial charge in [0.2, 0.25) is 29.5 Å². The van der Waals surface area contributed by atoms with Crippen molar-refractivity contribution in [2.75, 3.05) is 0 Å². The second kappa shape index (κ2) is 19.1. The van der Waals surface area contributed by atoms with Crippen molar-refractivity contribution >= 4 is 41.5 Å². The van der Waals surface area contributed by atoms with Crippen molar-refractivity contribution in [3.8, 4) is 0 Å². The van der Waals surface area contributed by atoms with Crippen LogP contribution in [0.15, 0.2) is 30.3 Å². The first-order valence-corrected chi connectivity index (χ1v) is 15.2. The van der Waals surface area contributed by atoms with E-state index in [0.29, 0.717) is 5.56 Å². The molecule has 15 nitrogen and oxygen atoms in total. The fourth-order valence-electron chi connectivity index (χ4n) is 4.37. The maximum atomic E-state index is 13.2. The fraction of sp³-hybridized carbons (Fsp3) is 0.581. The maximum Gasteiger partial charge on any atom is 0.326 e. The largest absolute Gasteiger partial charge is 0.481 e. The quantitative estimate of drug-likeness (QED) is 0.0970. The molecule has 256 valence electrons. The number of amides is 5. The number of nitrogens with one attached hydrogen (secondary N) is 5. The topological polar surface area (TPSA) is 246 Å². The van der Waals surface area contributed by atoms with E-state index in [9.17, 15) is 38.7 Å². The molecule has 46 heavy (non-hydrogen) atoms. The molecule has 0 aromatic heterocycles. The van der Waals surface area contributed by atoms with E-state index in [2.05, 4.69) is 26.6 Å².